The van der Waals surface area contributed by atoms with Gasteiger partial charge in [-0.25, -0.2) is 4.98 Å². The maximum Gasteiger partial charge on any atom is 0.185 e. The summed E-state index contributed by atoms with van der Waals surface area (Å²) in [6.45, 7) is 4.32. The van der Waals surface area contributed by atoms with Gasteiger partial charge in [-0.05, 0) is 32.6 Å². The van der Waals surface area contributed by atoms with E-state index in [2.05, 4.69) is 23.9 Å². The van der Waals surface area contributed by atoms with E-state index in [1.165, 1.54) is 12.8 Å². The first-order valence-electron chi connectivity index (χ1n) is 5.43. The SMILES string of the molecule is Cc1nc(N(C)C(C)C2CC2)sc1CO. The quantitative estimate of drug-likeness (QED) is 0.855. The van der Waals surface area contributed by atoms with Crippen LogP contribution < -0.4 is 4.90 Å². The molecule has 0 spiro atoms. The predicted octanol–water partition coefficient (Wildman–Crippen LogP) is 2.18. The smallest absolute Gasteiger partial charge is 0.185 e. The van der Waals surface area contributed by atoms with E-state index in [0.29, 0.717) is 6.04 Å². The van der Waals surface area contributed by atoms with Crippen LogP contribution in [0, 0.1) is 12.8 Å². The highest BCUT2D eigenvalue weighted by Crippen LogP contribution is 2.37. The van der Waals surface area contributed by atoms with Crippen LogP contribution >= 0.6 is 11.3 Å². The Hall–Kier alpha value is -0.610. The number of aromatic nitrogens is 1. The summed E-state index contributed by atoms with van der Waals surface area (Å²) in [6, 6.07) is 0.571. The monoisotopic (exact) mass is 226 g/mol. The summed E-state index contributed by atoms with van der Waals surface area (Å²) in [4.78, 5) is 7.73. The molecular weight excluding hydrogens is 208 g/mol. The Bertz CT molecular complexity index is 346. The normalized spacial score (nSPS) is 17.9. The molecule has 1 aromatic heterocycles. The van der Waals surface area contributed by atoms with Crippen molar-refractivity contribution in [3.63, 3.8) is 0 Å². The van der Waals surface area contributed by atoms with Crippen LogP contribution in [0.15, 0.2) is 0 Å². The van der Waals surface area contributed by atoms with E-state index in [-0.39, 0.29) is 6.61 Å². The van der Waals surface area contributed by atoms with Crippen molar-refractivity contribution in [2.75, 3.05) is 11.9 Å². The van der Waals surface area contributed by atoms with Gasteiger partial charge in [0.25, 0.3) is 0 Å². The van der Waals surface area contributed by atoms with Gasteiger partial charge >= 0.3 is 0 Å². The Balaban J connectivity index is 2.13. The zero-order valence-corrected chi connectivity index (χ0v) is 10.3. The third kappa shape index (κ3) is 2.16. The highest BCUT2D eigenvalue weighted by atomic mass is 32.1. The standard InChI is InChI=1S/C11H18N2OS/c1-7-10(6-14)15-11(12-7)13(3)8(2)9-4-5-9/h8-9,14H,4-6H2,1-3H3. The predicted molar refractivity (Wildman–Crippen MR) is 63.4 cm³/mol. The van der Waals surface area contributed by atoms with Crippen LogP contribution in [-0.2, 0) is 6.61 Å². The molecule has 1 aliphatic carbocycles. The largest absolute Gasteiger partial charge is 0.391 e. The van der Waals surface area contributed by atoms with Crippen LogP contribution in [0.4, 0.5) is 5.13 Å². The summed E-state index contributed by atoms with van der Waals surface area (Å²) in [5.41, 5.74) is 0.965. The fourth-order valence-electron chi connectivity index (χ4n) is 1.78. The van der Waals surface area contributed by atoms with E-state index in [9.17, 15) is 0 Å². The van der Waals surface area contributed by atoms with E-state index in [0.717, 1.165) is 21.6 Å². The number of anilines is 1. The van der Waals surface area contributed by atoms with Crippen molar-refractivity contribution in [2.24, 2.45) is 5.92 Å². The summed E-state index contributed by atoms with van der Waals surface area (Å²) in [5, 5.41) is 10.2. The second kappa shape index (κ2) is 4.10. The maximum atomic E-state index is 9.13. The molecule has 1 atom stereocenters. The fraction of sp³-hybridized carbons (Fsp3) is 0.727. The molecule has 0 amide bonds. The minimum atomic E-state index is 0.106. The molecule has 0 aromatic carbocycles. The van der Waals surface area contributed by atoms with Crippen LogP contribution in [0.2, 0.25) is 0 Å². The molecule has 1 fully saturated rings. The highest BCUT2D eigenvalue weighted by Gasteiger charge is 2.31. The first kappa shape index (κ1) is 10.9. The number of rotatable bonds is 4. The third-order valence-corrected chi connectivity index (χ3v) is 4.47. The van der Waals surface area contributed by atoms with E-state index < -0.39 is 0 Å². The topological polar surface area (TPSA) is 36.4 Å². The molecule has 1 saturated carbocycles. The molecule has 2 rings (SSSR count). The summed E-state index contributed by atoms with van der Waals surface area (Å²) >= 11 is 1.61. The maximum absolute atomic E-state index is 9.13. The molecule has 0 bridgehead atoms. The van der Waals surface area contributed by atoms with Gasteiger partial charge in [0.15, 0.2) is 5.13 Å². The Morgan fingerprint density at radius 2 is 2.27 bits per heavy atom. The lowest BCUT2D eigenvalue weighted by Gasteiger charge is -2.23. The molecule has 0 radical (unpaired) electrons. The van der Waals surface area contributed by atoms with E-state index >= 15 is 0 Å². The van der Waals surface area contributed by atoms with E-state index in [1.807, 2.05) is 6.92 Å². The van der Waals surface area contributed by atoms with Crippen molar-refractivity contribution in [1.82, 2.24) is 4.98 Å². The van der Waals surface area contributed by atoms with Gasteiger partial charge in [0.2, 0.25) is 0 Å². The number of nitrogens with zero attached hydrogens (tertiary/aromatic N) is 2. The number of aryl methyl sites for hydroxylation is 1. The van der Waals surface area contributed by atoms with Gasteiger partial charge in [-0.1, -0.05) is 11.3 Å². The molecule has 1 N–H and O–H groups in total. The second-order valence-corrected chi connectivity index (χ2v) is 5.41. The molecule has 0 aliphatic heterocycles. The molecule has 0 saturated heterocycles. The summed E-state index contributed by atoms with van der Waals surface area (Å²) < 4.78 is 0. The van der Waals surface area contributed by atoms with Gasteiger partial charge in [0, 0.05) is 13.1 Å². The lowest BCUT2D eigenvalue weighted by molar-refractivity contribution is 0.284. The van der Waals surface area contributed by atoms with Crippen LogP contribution in [0.25, 0.3) is 0 Å². The van der Waals surface area contributed by atoms with Crippen LogP contribution in [-0.4, -0.2) is 23.2 Å². The third-order valence-electron chi connectivity index (χ3n) is 3.24. The van der Waals surface area contributed by atoms with Crippen molar-refractivity contribution < 1.29 is 5.11 Å². The minimum Gasteiger partial charge on any atom is -0.391 e. The minimum absolute atomic E-state index is 0.106. The Morgan fingerprint density at radius 1 is 1.60 bits per heavy atom. The Labute approximate surface area is 94.8 Å². The number of hydrogen-bond donors (Lipinski definition) is 1. The molecule has 4 heteroatoms. The van der Waals surface area contributed by atoms with Gasteiger partial charge < -0.3 is 10.0 Å². The van der Waals surface area contributed by atoms with E-state index in [1.54, 1.807) is 11.3 Å². The van der Waals surface area contributed by atoms with Gasteiger partial charge in [0.05, 0.1) is 17.2 Å². The molecule has 84 valence electrons. The molecule has 15 heavy (non-hydrogen) atoms. The molecule has 1 heterocycles. The molecular formula is C11H18N2OS. The zero-order valence-electron chi connectivity index (χ0n) is 9.53. The van der Waals surface area contributed by atoms with Gasteiger partial charge in [-0.3, -0.25) is 0 Å². The van der Waals surface area contributed by atoms with E-state index in [4.69, 9.17) is 5.11 Å². The summed E-state index contributed by atoms with van der Waals surface area (Å²) in [7, 11) is 2.10. The first-order valence-corrected chi connectivity index (χ1v) is 6.25. The summed E-state index contributed by atoms with van der Waals surface area (Å²) in [5.74, 6) is 0.844. The number of aliphatic hydroxyl groups excluding tert-OH is 1. The molecule has 3 nitrogen and oxygen atoms in total. The lowest BCUT2D eigenvalue weighted by atomic mass is 10.2. The summed E-state index contributed by atoms with van der Waals surface area (Å²) in [6.07, 6.45) is 2.70. The molecule has 1 aromatic rings. The van der Waals surface area contributed by atoms with Crippen LogP contribution in [0.1, 0.15) is 30.3 Å². The Kier molecular flexibility index (Phi) is 2.98. The van der Waals surface area contributed by atoms with Gasteiger partial charge in [0.1, 0.15) is 0 Å². The number of aliphatic hydroxyl groups is 1. The lowest BCUT2D eigenvalue weighted by Crippen LogP contribution is -2.30. The van der Waals surface area contributed by atoms with Crippen molar-refractivity contribution in [2.45, 2.75) is 39.3 Å². The second-order valence-electron chi connectivity index (χ2n) is 4.35. The Morgan fingerprint density at radius 3 is 2.73 bits per heavy atom. The molecule has 1 aliphatic rings. The van der Waals surface area contributed by atoms with Crippen LogP contribution in [0.5, 0.6) is 0 Å². The van der Waals surface area contributed by atoms with Crippen molar-refractivity contribution in [3.05, 3.63) is 10.6 Å². The average molecular weight is 226 g/mol. The van der Waals surface area contributed by atoms with Crippen LogP contribution in [0.3, 0.4) is 0 Å². The molecule has 1 unspecified atom stereocenters. The first-order chi connectivity index (χ1) is 7.13. The number of hydrogen-bond acceptors (Lipinski definition) is 4. The van der Waals surface area contributed by atoms with Crippen molar-refractivity contribution in [1.29, 1.82) is 0 Å². The highest BCUT2D eigenvalue weighted by molar-refractivity contribution is 7.15. The van der Waals surface area contributed by atoms with Crippen molar-refractivity contribution >= 4 is 16.5 Å². The van der Waals surface area contributed by atoms with Crippen molar-refractivity contribution in [3.8, 4) is 0 Å². The zero-order chi connectivity index (χ0) is 11.0. The van der Waals surface area contributed by atoms with Gasteiger partial charge in [-0.2, -0.15) is 0 Å². The fourth-order valence-corrected chi connectivity index (χ4v) is 2.75. The average Bonchev–Trinajstić information content (AvgIpc) is 3.00. The number of thiazole rings is 1. The van der Waals surface area contributed by atoms with Gasteiger partial charge in [-0.15, -0.1) is 0 Å².